The van der Waals surface area contributed by atoms with Gasteiger partial charge in [0, 0.05) is 0 Å². The molecule has 1 N–H and O–H groups in total. The Morgan fingerprint density at radius 1 is 1.23 bits per heavy atom. The van der Waals surface area contributed by atoms with Gasteiger partial charge in [0.05, 0.1) is 6.10 Å². The van der Waals surface area contributed by atoms with Crippen LogP contribution in [0.3, 0.4) is 0 Å². The molecule has 1 nitrogen and oxygen atoms in total. The van der Waals surface area contributed by atoms with E-state index in [1.54, 1.807) is 0 Å². The summed E-state index contributed by atoms with van der Waals surface area (Å²) in [6.07, 6.45) is 13.2. The minimum absolute atomic E-state index is 0.102. The third-order valence-electron chi connectivity index (χ3n) is 2.00. The van der Waals surface area contributed by atoms with Crippen LogP contribution in [0.2, 0.25) is 0 Å². The standard InChI is InChI=1S/C12H22O/c1-3-5-7-8-9-11-12(13)10-6-4-2/h3,5,7-8,12-13H,4,6,9-11H2,1-2H3/b5-3?,8-7-. The molecule has 1 atom stereocenters. The maximum absolute atomic E-state index is 9.48. The topological polar surface area (TPSA) is 20.2 Å². The minimum atomic E-state index is -0.102. The van der Waals surface area contributed by atoms with Crippen LogP contribution in [0.5, 0.6) is 0 Å². The zero-order valence-electron chi connectivity index (χ0n) is 8.87. The summed E-state index contributed by atoms with van der Waals surface area (Å²) in [4.78, 5) is 0. The number of unbranched alkanes of at least 4 members (excludes halogenated alkanes) is 1. The SMILES string of the molecule is CC=C/C=C\CCC(O)CCCC. The highest BCUT2D eigenvalue weighted by molar-refractivity contribution is 5.00. The van der Waals surface area contributed by atoms with Gasteiger partial charge in [0.2, 0.25) is 0 Å². The second-order valence-electron chi connectivity index (χ2n) is 3.33. The molecule has 0 bridgehead atoms. The Labute approximate surface area is 82.2 Å². The third kappa shape index (κ3) is 9.35. The van der Waals surface area contributed by atoms with E-state index in [9.17, 15) is 5.11 Å². The van der Waals surface area contributed by atoms with Gasteiger partial charge in [-0.1, -0.05) is 44.1 Å². The molecule has 0 rings (SSSR count). The van der Waals surface area contributed by atoms with Gasteiger partial charge in [-0.3, -0.25) is 0 Å². The minimum Gasteiger partial charge on any atom is -0.393 e. The molecule has 13 heavy (non-hydrogen) atoms. The molecule has 0 aromatic heterocycles. The molecule has 0 spiro atoms. The third-order valence-corrected chi connectivity index (χ3v) is 2.00. The highest BCUT2D eigenvalue weighted by Crippen LogP contribution is 2.06. The lowest BCUT2D eigenvalue weighted by molar-refractivity contribution is 0.153. The lowest BCUT2D eigenvalue weighted by atomic mass is 10.1. The maximum Gasteiger partial charge on any atom is 0.0543 e. The molecule has 0 radical (unpaired) electrons. The van der Waals surface area contributed by atoms with Gasteiger partial charge in [-0.25, -0.2) is 0 Å². The summed E-state index contributed by atoms with van der Waals surface area (Å²) in [5.74, 6) is 0. The van der Waals surface area contributed by atoms with Crippen LogP contribution in [0.1, 0.15) is 46.0 Å². The van der Waals surface area contributed by atoms with E-state index in [2.05, 4.69) is 13.0 Å². The number of aliphatic hydroxyl groups is 1. The largest absolute Gasteiger partial charge is 0.393 e. The first-order chi connectivity index (χ1) is 6.31. The first kappa shape index (κ1) is 12.4. The summed E-state index contributed by atoms with van der Waals surface area (Å²) < 4.78 is 0. The zero-order chi connectivity index (χ0) is 9.94. The Bertz CT molecular complexity index is 147. The Kier molecular flexibility index (Phi) is 9.12. The van der Waals surface area contributed by atoms with Crippen LogP contribution in [-0.4, -0.2) is 11.2 Å². The van der Waals surface area contributed by atoms with E-state index < -0.39 is 0 Å². The van der Waals surface area contributed by atoms with Crippen molar-refractivity contribution in [1.29, 1.82) is 0 Å². The summed E-state index contributed by atoms with van der Waals surface area (Å²) in [6.45, 7) is 4.15. The van der Waals surface area contributed by atoms with Gasteiger partial charge in [0.1, 0.15) is 0 Å². The van der Waals surface area contributed by atoms with E-state index in [1.165, 1.54) is 6.42 Å². The van der Waals surface area contributed by atoms with Crippen molar-refractivity contribution in [2.24, 2.45) is 0 Å². The summed E-state index contributed by atoms with van der Waals surface area (Å²) in [7, 11) is 0. The normalized spacial score (nSPS) is 14.4. The number of aliphatic hydroxyl groups excluding tert-OH is 1. The van der Waals surface area contributed by atoms with E-state index in [0.717, 1.165) is 25.7 Å². The van der Waals surface area contributed by atoms with Crippen molar-refractivity contribution in [2.45, 2.75) is 52.1 Å². The average molecular weight is 182 g/mol. The van der Waals surface area contributed by atoms with Crippen molar-refractivity contribution in [3.63, 3.8) is 0 Å². The van der Waals surface area contributed by atoms with Gasteiger partial charge in [-0.2, -0.15) is 0 Å². The molecular weight excluding hydrogens is 160 g/mol. The Balaban J connectivity index is 3.30. The van der Waals surface area contributed by atoms with Gasteiger partial charge in [0.25, 0.3) is 0 Å². The average Bonchev–Trinajstić information content (AvgIpc) is 2.14. The quantitative estimate of drug-likeness (QED) is 0.598. The van der Waals surface area contributed by atoms with Crippen LogP contribution >= 0.6 is 0 Å². The Morgan fingerprint density at radius 3 is 2.62 bits per heavy atom. The predicted octanol–water partition coefficient (Wildman–Crippen LogP) is 3.45. The lowest BCUT2D eigenvalue weighted by Gasteiger charge is -2.06. The lowest BCUT2D eigenvalue weighted by Crippen LogP contribution is -2.04. The molecule has 0 heterocycles. The molecule has 1 unspecified atom stereocenters. The number of allylic oxidation sites excluding steroid dienone is 4. The van der Waals surface area contributed by atoms with E-state index in [-0.39, 0.29) is 6.10 Å². The van der Waals surface area contributed by atoms with Crippen LogP contribution in [0.4, 0.5) is 0 Å². The van der Waals surface area contributed by atoms with Crippen molar-refractivity contribution in [2.75, 3.05) is 0 Å². The van der Waals surface area contributed by atoms with Gasteiger partial charge in [0.15, 0.2) is 0 Å². The van der Waals surface area contributed by atoms with E-state index in [4.69, 9.17) is 0 Å². The molecule has 0 amide bonds. The second-order valence-corrected chi connectivity index (χ2v) is 3.33. The number of rotatable bonds is 7. The second kappa shape index (κ2) is 9.53. The number of hydrogen-bond acceptors (Lipinski definition) is 1. The van der Waals surface area contributed by atoms with Gasteiger partial charge >= 0.3 is 0 Å². The molecule has 76 valence electrons. The van der Waals surface area contributed by atoms with Crippen molar-refractivity contribution in [3.8, 4) is 0 Å². The van der Waals surface area contributed by atoms with Crippen LogP contribution in [-0.2, 0) is 0 Å². The van der Waals surface area contributed by atoms with E-state index in [1.807, 2.05) is 25.2 Å². The molecule has 0 aromatic carbocycles. The van der Waals surface area contributed by atoms with Crippen LogP contribution in [0.15, 0.2) is 24.3 Å². The summed E-state index contributed by atoms with van der Waals surface area (Å²) in [5, 5.41) is 9.48. The molecule has 0 fully saturated rings. The van der Waals surface area contributed by atoms with Crippen molar-refractivity contribution >= 4 is 0 Å². The van der Waals surface area contributed by atoms with Gasteiger partial charge in [-0.15, -0.1) is 0 Å². The monoisotopic (exact) mass is 182 g/mol. The molecule has 0 saturated carbocycles. The maximum atomic E-state index is 9.48. The van der Waals surface area contributed by atoms with Crippen LogP contribution in [0.25, 0.3) is 0 Å². The molecule has 0 saturated heterocycles. The zero-order valence-corrected chi connectivity index (χ0v) is 8.87. The fraction of sp³-hybridized carbons (Fsp3) is 0.667. The summed E-state index contributed by atoms with van der Waals surface area (Å²) >= 11 is 0. The van der Waals surface area contributed by atoms with Crippen molar-refractivity contribution < 1.29 is 5.11 Å². The fourth-order valence-electron chi connectivity index (χ4n) is 1.16. The highest BCUT2D eigenvalue weighted by Gasteiger charge is 2.00. The molecule has 0 aromatic rings. The van der Waals surface area contributed by atoms with Gasteiger partial charge < -0.3 is 5.11 Å². The smallest absolute Gasteiger partial charge is 0.0543 e. The summed E-state index contributed by atoms with van der Waals surface area (Å²) in [6, 6.07) is 0. The molecule has 0 aliphatic carbocycles. The Morgan fingerprint density at radius 2 is 2.00 bits per heavy atom. The van der Waals surface area contributed by atoms with Gasteiger partial charge in [-0.05, 0) is 26.2 Å². The molecule has 1 heteroatoms. The van der Waals surface area contributed by atoms with E-state index in [0.29, 0.717) is 0 Å². The first-order valence-corrected chi connectivity index (χ1v) is 5.27. The molecular formula is C12H22O. The van der Waals surface area contributed by atoms with Crippen molar-refractivity contribution in [3.05, 3.63) is 24.3 Å². The molecule has 0 aliphatic heterocycles. The first-order valence-electron chi connectivity index (χ1n) is 5.27. The highest BCUT2D eigenvalue weighted by atomic mass is 16.3. The fourth-order valence-corrected chi connectivity index (χ4v) is 1.16. The van der Waals surface area contributed by atoms with E-state index >= 15 is 0 Å². The summed E-state index contributed by atoms with van der Waals surface area (Å²) in [5.41, 5.74) is 0. The van der Waals surface area contributed by atoms with Crippen LogP contribution < -0.4 is 0 Å². The molecule has 0 aliphatic rings. The van der Waals surface area contributed by atoms with Crippen LogP contribution in [0, 0.1) is 0 Å². The Hall–Kier alpha value is -0.560. The van der Waals surface area contributed by atoms with Crippen molar-refractivity contribution in [1.82, 2.24) is 0 Å². The number of hydrogen-bond donors (Lipinski definition) is 1. The predicted molar refractivity (Wildman–Crippen MR) is 58.7 cm³/mol.